The van der Waals surface area contributed by atoms with Gasteiger partial charge in [0, 0.05) is 13.2 Å². The summed E-state index contributed by atoms with van der Waals surface area (Å²) in [7, 11) is 1.65. The molecular formula is C24H24N2O4. The lowest BCUT2D eigenvalue weighted by Gasteiger charge is -2.29. The first-order chi connectivity index (χ1) is 14.5. The third-order valence-corrected chi connectivity index (χ3v) is 5.60. The number of likely N-dealkylation sites (N-methyl/N-ethyl adjacent to an activating group) is 1. The number of nitrogens with zero attached hydrogens (tertiary/aromatic N) is 2. The molecule has 6 heteroatoms. The van der Waals surface area contributed by atoms with Crippen molar-refractivity contribution in [2.24, 2.45) is 0 Å². The molecule has 6 nitrogen and oxygen atoms in total. The lowest BCUT2D eigenvalue weighted by molar-refractivity contribution is 0.0164. The number of hydrogen-bond acceptors (Lipinski definition) is 5. The number of phenolic OH excluding ortho intramolecular Hbond substituents is 1. The Morgan fingerprint density at radius 1 is 1.07 bits per heavy atom. The van der Waals surface area contributed by atoms with E-state index in [9.17, 15) is 15.0 Å². The van der Waals surface area contributed by atoms with Gasteiger partial charge in [0.05, 0.1) is 17.8 Å². The lowest BCUT2D eigenvalue weighted by Crippen LogP contribution is -2.45. The molecule has 2 N–H and O–H groups in total. The Hall–Kier alpha value is -3.38. The highest BCUT2D eigenvalue weighted by atomic mass is 16.5. The first-order valence-electron chi connectivity index (χ1n) is 9.95. The lowest BCUT2D eigenvalue weighted by atomic mass is 10.0. The number of hydrogen-bond donors (Lipinski definition) is 2. The van der Waals surface area contributed by atoms with Crippen molar-refractivity contribution < 1.29 is 19.7 Å². The fourth-order valence-corrected chi connectivity index (χ4v) is 3.93. The standard InChI is InChI=1S/C24H24N2O4/c1-26(20-10-12-22(23(20)28)30-18-8-5-13-25-15-18)24(29)19-14-17(9-11-21(19)27)16-6-3-2-4-7-16/h2-9,11,13-15,20,22-23,27-28H,10,12H2,1H3/t20-,22-,23-/m1/s1. The molecule has 0 spiro atoms. The Balaban J connectivity index is 1.51. The van der Waals surface area contributed by atoms with E-state index in [1.54, 1.807) is 43.7 Å². The highest BCUT2D eigenvalue weighted by Crippen LogP contribution is 2.31. The highest BCUT2D eigenvalue weighted by molar-refractivity contribution is 5.98. The van der Waals surface area contributed by atoms with Crippen LogP contribution in [0.2, 0.25) is 0 Å². The number of aromatic nitrogens is 1. The number of aliphatic hydroxyl groups is 1. The van der Waals surface area contributed by atoms with Gasteiger partial charge in [-0.2, -0.15) is 0 Å². The smallest absolute Gasteiger partial charge is 0.257 e. The van der Waals surface area contributed by atoms with Gasteiger partial charge in [0.25, 0.3) is 5.91 Å². The van der Waals surface area contributed by atoms with Crippen LogP contribution in [0.1, 0.15) is 23.2 Å². The van der Waals surface area contributed by atoms with E-state index in [4.69, 9.17) is 4.74 Å². The maximum absolute atomic E-state index is 13.2. The Morgan fingerprint density at radius 2 is 1.87 bits per heavy atom. The van der Waals surface area contributed by atoms with Gasteiger partial charge < -0.3 is 19.8 Å². The molecule has 1 aliphatic rings. The van der Waals surface area contributed by atoms with Crippen LogP contribution in [0.4, 0.5) is 0 Å². The van der Waals surface area contributed by atoms with Crippen molar-refractivity contribution in [3.63, 3.8) is 0 Å². The van der Waals surface area contributed by atoms with E-state index in [0.717, 1.165) is 11.1 Å². The summed E-state index contributed by atoms with van der Waals surface area (Å²) >= 11 is 0. The summed E-state index contributed by atoms with van der Waals surface area (Å²) in [4.78, 5) is 18.7. The van der Waals surface area contributed by atoms with Gasteiger partial charge in [0.2, 0.25) is 0 Å². The van der Waals surface area contributed by atoms with Crippen LogP contribution in [0.5, 0.6) is 11.5 Å². The van der Waals surface area contributed by atoms with Crippen molar-refractivity contribution in [2.45, 2.75) is 31.1 Å². The number of aliphatic hydroxyl groups excluding tert-OH is 1. The SMILES string of the molecule is CN(C(=O)c1cc(-c2ccccc2)ccc1O)[C@@H]1CC[C@@H](Oc2cccnc2)[C@@H]1O. The predicted molar refractivity (Wildman–Crippen MR) is 113 cm³/mol. The molecular weight excluding hydrogens is 380 g/mol. The van der Waals surface area contributed by atoms with Crippen molar-refractivity contribution in [1.29, 1.82) is 0 Å². The summed E-state index contributed by atoms with van der Waals surface area (Å²) in [6.07, 6.45) is 3.23. The number of aromatic hydroxyl groups is 1. The normalized spacial score (nSPS) is 20.7. The topological polar surface area (TPSA) is 82.9 Å². The van der Waals surface area contributed by atoms with E-state index in [1.807, 2.05) is 30.3 Å². The number of ether oxygens (including phenoxy) is 1. The van der Waals surface area contributed by atoms with Crippen LogP contribution in [0, 0.1) is 0 Å². The summed E-state index contributed by atoms with van der Waals surface area (Å²) in [5, 5.41) is 21.1. The van der Waals surface area contributed by atoms with E-state index in [-0.39, 0.29) is 17.2 Å². The van der Waals surface area contributed by atoms with Crippen molar-refractivity contribution in [3.8, 4) is 22.6 Å². The Bertz CT molecular complexity index is 1010. The van der Waals surface area contributed by atoms with E-state index >= 15 is 0 Å². The fourth-order valence-electron chi connectivity index (χ4n) is 3.93. The first-order valence-corrected chi connectivity index (χ1v) is 9.95. The molecule has 0 saturated heterocycles. The molecule has 1 aromatic heterocycles. The minimum absolute atomic E-state index is 0.0813. The van der Waals surface area contributed by atoms with Crippen LogP contribution < -0.4 is 4.74 Å². The van der Waals surface area contributed by atoms with Gasteiger partial charge in [-0.1, -0.05) is 36.4 Å². The van der Waals surface area contributed by atoms with Gasteiger partial charge in [0.15, 0.2) is 0 Å². The number of benzene rings is 2. The molecule has 1 heterocycles. The molecule has 0 aliphatic heterocycles. The monoisotopic (exact) mass is 404 g/mol. The third kappa shape index (κ3) is 4.00. The molecule has 0 radical (unpaired) electrons. The molecule has 1 aliphatic carbocycles. The van der Waals surface area contributed by atoms with Gasteiger partial charge in [-0.05, 0) is 48.2 Å². The Kier molecular flexibility index (Phi) is 5.68. The number of pyridine rings is 1. The number of amides is 1. The number of carbonyl (C=O) groups excluding carboxylic acids is 1. The van der Waals surface area contributed by atoms with Crippen molar-refractivity contribution in [2.75, 3.05) is 7.05 Å². The van der Waals surface area contributed by atoms with Gasteiger partial charge >= 0.3 is 0 Å². The molecule has 30 heavy (non-hydrogen) atoms. The van der Waals surface area contributed by atoms with Crippen LogP contribution in [-0.2, 0) is 0 Å². The first kappa shape index (κ1) is 19.9. The van der Waals surface area contributed by atoms with E-state index in [2.05, 4.69) is 4.98 Å². The molecule has 0 bridgehead atoms. The summed E-state index contributed by atoms with van der Waals surface area (Å²) in [6, 6.07) is 17.8. The Labute approximate surface area is 175 Å². The maximum Gasteiger partial charge on any atom is 0.257 e. The van der Waals surface area contributed by atoms with Gasteiger partial charge in [-0.3, -0.25) is 9.78 Å². The zero-order chi connectivity index (χ0) is 21.1. The van der Waals surface area contributed by atoms with Gasteiger partial charge in [-0.25, -0.2) is 0 Å². The van der Waals surface area contributed by atoms with Crippen molar-refractivity contribution in [3.05, 3.63) is 78.6 Å². The predicted octanol–water partition coefficient (Wildman–Crippen LogP) is 3.50. The molecule has 2 aromatic carbocycles. The second-order valence-electron chi connectivity index (χ2n) is 7.49. The van der Waals surface area contributed by atoms with Crippen LogP contribution in [0.3, 0.4) is 0 Å². The average molecular weight is 404 g/mol. The second-order valence-corrected chi connectivity index (χ2v) is 7.49. The minimum atomic E-state index is -0.835. The summed E-state index contributed by atoms with van der Waals surface area (Å²) in [5.41, 5.74) is 2.01. The quantitative estimate of drug-likeness (QED) is 0.680. The minimum Gasteiger partial charge on any atom is -0.507 e. The van der Waals surface area contributed by atoms with Crippen LogP contribution in [0.25, 0.3) is 11.1 Å². The Morgan fingerprint density at radius 3 is 2.60 bits per heavy atom. The average Bonchev–Trinajstić information content (AvgIpc) is 3.14. The molecule has 154 valence electrons. The molecule has 4 rings (SSSR count). The molecule has 3 aromatic rings. The second kappa shape index (κ2) is 8.55. The number of phenols is 1. The molecule has 1 amide bonds. The molecule has 1 saturated carbocycles. The van der Waals surface area contributed by atoms with Crippen LogP contribution >= 0.6 is 0 Å². The van der Waals surface area contributed by atoms with Crippen molar-refractivity contribution in [1.82, 2.24) is 9.88 Å². The zero-order valence-corrected chi connectivity index (χ0v) is 16.7. The van der Waals surface area contributed by atoms with E-state index in [0.29, 0.717) is 18.6 Å². The number of rotatable bonds is 5. The van der Waals surface area contributed by atoms with E-state index < -0.39 is 18.2 Å². The third-order valence-electron chi connectivity index (χ3n) is 5.60. The zero-order valence-electron chi connectivity index (χ0n) is 16.7. The molecule has 0 unspecified atom stereocenters. The fraction of sp³-hybridized carbons (Fsp3) is 0.250. The summed E-state index contributed by atoms with van der Waals surface area (Å²) in [5.74, 6) is 0.169. The summed E-state index contributed by atoms with van der Waals surface area (Å²) in [6.45, 7) is 0. The van der Waals surface area contributed by atoms with Crippen LogP contribution in [-0.4, -0.2) is 51.3 Å². The number of carbonyl (C=O) groups is 1. The molecule has 1 fully saturated rings. The molecule has 3 atom stereocenters. The summed E-state index contributed by atoms with van der Waals surface area (Å²) < 4.78 is 5.85. The van der Waals surface area contributed by atoms with E-state index in [1.165, 1.54) is 11.0 Å². The largest absolute Gasteiger partial charge is 0.507 e. The van der Waals surface area contributed by atoms with Crippen LogP contribution in [0.15, 0.2) is 73.1 Å². The van der Waals surface area contributed by atoms with Gasteiger partial charge in [-0.15, -0.1) is 0 Å². The van der Waals surface area contributed by atoms with Crippen molar-refractivity contribution >= 4 is 5.91 Å². The highest BCUT2D eigenvalue weighted by Gasteiger charge is 2.40. The maximum atomic E-state index is 13.2. The van der Waals surface area contributed by atoms with Gasteiger partial charge in [0.1, 0.15) is 23.7 Å².